The van der Waals surface area contributed by atoms with Crippen LogP contribution in [0.1, 0.15) is 5.56 Å². The molecular formula is C9H8FIS. The van der Waals surface area contributed by atoms with E-state index >= 15 is 0 Å². The average molecular weight is 294 g/mol. The molecule has 0 heterocycles. The molecule has 0 amide bonds. The zero-order valence-electron chi connectivity index (χ0n) is 6.30. The third-order valence-corrected chi connectivity index (χ3v) is 2.54. The van der Waals surface area contributed by atoms with Crippen molar-refractivity contribution >= 4 is 41.3 Å². The maximum atomic E-state index is 13.1. The maximum absolute atomic E-state index is 13.1. The summed E-state index contributed by atoms with van der Waals surface area (Å²) >= 11 is 6.12. The zero-order chi connectivity index (χ0) is 8.97. The van der Waals surface area contributed by atoms with Gasteiger partial charge in [0.1, 0.15) is 5.82 Å². The van der Waals surface area contributed by atoms with Crippen LogP contribution in [-0.4, -0.2) is 5.75 Å². The van der Waals surface area contributed by atoms with Crippen molar-refractivity contribution in [2.75, 3.05) is 5.75 Å². The van der Waals surface area contributed by atoms with Crippen molar-refractivity contribution in [3.05, 3.63) is 39.2 Å². The summed E-state index contributed by atoms with van der Waals surface area (Å²) in [6, 6.07) is 5.04. The molecule has 64 valence electrons. The van der Waals surface area contributed by atoms with Crippen molar-refractivity contribution in [1.82, 2.24) is 0 Å². The lowest BCUT2D eigenvalue weighted by Crippen LogP contribution is -1.85. The van der Waals surface area contributed by atoms with Gasteiger partial charge in [0.05, 0.1) is 0 Å². The Morgan fingerprint density at radius 1 is 1.50 bits per heavy atom. The second-order valence-electron chi connectivity index (χ2n) is 2.22. The summed E-state index contributed by atoms with van der Waals surface area (Å²) in [5, 5.41) is 0. The topological polar surface area (TPSA) is 0 Å². The predicted molar refractivity (Wildman–Crippen MR) is 62.0 cm³/mol. The van der Waals surface area contributed by atoms with Crippen molar-refractivity contribution in [3.8, 4) is 0 Å². The van der Waals surface area contributed by atoms with Crippen LogP contribution in [0.25, 0.3) is 6.08 Å². The number of thiol groups is 1. The summed E-state index contributed by atoms with van der Waals surface area (Å²) in [6.07, 6.45) is 3.58. The highest BCUT2D eigenvalue weighted by Gasteiger charge is 2.00. The summed E-state index contributed by atoms with van der Waals surface area (Å²) in [7, 11) is 0. The quantitative estimate of drug-likeness (QED) is 0.627. The molecule has 0 saturated carbocycles. The minimum atomic E-state index is -0.181. The normalized spacial score (nSPS) is 10.9. The second-order valence-corrected chi connectivity index (χ2v) is 3.75. The lowest BCUT2D eigenvalue weighted by Gasteiger charge is -1.98. The Hall–Kier alpha value is -0.0300. The van der Waals surface area contributed by atoms with Gasteiger partial charge in [0, 0.05) is 14.9 Å². The fourth-order valence-corrected chi connectivity index (χ4v) is 1.59. The summed E-state index contributed by atoms with van der Waals surface area (Å²) in [6.45, 7) is 0. The van der Waals surface area contributed by atoms with Gasteiger partial charge in [0.25, 0.3) is 0 Å². The first-order valence-electron chi connectivity index (χ1n) is 3.47. The first kappa shape index (κ1) is 10.1. The minimum Gasteiger partial charge on any atom is -0.206 e. The third kappa shape index (κ3) is 2.48. The first-order chi connectivity index (χ1) is 5.75. The van der Waals surface area contributed by atoms with Crippen LogP contribution in [0.4, 0.5) is 4.39 Å². The molecule has 1 aromatic rings. The van der Waals surface area contributed by atoms with E-state index in [4.69, 9.17) is 0 Å². The van der Waals surface area contributed by atoms with Gasteiger partial charge in [-0.15, -0.1) is 0 Å². The molecule has 0 radical (unpaired) electrons. The molecule has 0 nitrogen and oxygen atoms in total. The van der Waals surface area contributed by atoms with Gasteiger partial charge >= 0.3 is 0 Å². The smallest absolute Gasteiger partial charge is 0.131 e. The van der Waals surface area contributed by atoms with Crippen LogP contribution >= 0.6 is 35.2 Å². The van der Waals surface area contributed by atoms with Crippen LogP contribution < -0.4 is 0 Å². The van der Waals surface area contributed by atoms with Gasteiger partial charge in [0.2, 0.25) is 0 Å². The zero-order valence-corrected chi connectivity index (χ0v) is 9.35. The molecule has 0 aliphatic carbocycles. The molecule has 3 heteroatoms. The van der Waals surface area contributed by atoms with Gasteiger partial charge in [-0.3, -0.25) is 0 Å². The standard InChI is InChI=1S/C9H8FIS/c10-8-4-1-5-9(11)7(8)3-2-6-12/h1-5,12H,6H2. The lowest BCUT2D eigenvalue weighted by atomic mass is 10.2. The Morgan fingerprint density at radius 2 is 2.25 bits per heavy atom. The van der Waals surface area contributed by atoms with E-state index < -0.39 is 0 Å². The Bertz CT molecular complexity index is 276. The van der Waals surface area contributed by atoms with Crippen LogP contribution in [0.15, 0.2) is 24.3 Å². The molecule has 1 aromatic carbocycles. The molecule has 0 bridgehead atoms. The van der Waals surface area contributed by atoms with Crippen LogP contribution in [0.5, 0.6) is 0 Å². The number of halogens is 2. The van der Waals surface area contributed by atoms with Crippen molar-refractivity contribution in [3.63, 3.8) is 0 Å². The van der Waals surface area contributed by atoms with Crippen molar-refractivity contribution in [2.24, 2.45) is 0 Å². The van der Waals surface area contributed by atoms with Crippen LogP contribution in [0.2, 0.25) is 0 Å². The molecule has 12 heavy (non-hydrogen) atoms. The summed E-state index contributed by atoms with van der Waals surface area (Å²) in [4.78, 5) is 0. The van der Waals surface area contributed by atoms with Gasteiger partial charge in [0.15, 0.2) is 0 Å². The fraction of sp³-hybridized carbons (Fsp3) is 0.111. The molecular weight excluding hydrogens is 286 g/mol. The minimum absolute atomic E-state index is 0.181. The predicted octanol–water partition coefficient (Wildman–Crippen LogP) is 3.37. The monoisotopic (exact) mass is 294 g/mol. The molecule has 0 aliphatic rings. The summed E-state index contributed by atoms with van der Waals surface area (Å²) in [5.74, 6) is 0.449. The highest BCUT2D eigenvalue weighted by molar-refractivity contribution is 14.1. The van der Waals surface area contributed by atoms with E-state index in [1.54, 1.807) is 12.1 Å². The van der Waals surface area contributed by atoms with E-state index in [1.165, 1.54) is 6.07 Å². The van der Waals surface area contributed by atoms with Crippen LogP contribution in [0, 0.1) is 9.39 Å². The van der Waals surface area contributed by atoms with Crippen molar-refractivity contribution in [2.45, 2.75) is 0 Å². The number of hydrogen-bond donors (Lipinski definition) is 1. The largest absolute Gasteiger partial charge is 0.206 e. The first-order valence-corrected chi connectivity index (χ1v) is 5.18. The highest BCUT2D eigenvalue weighted by atomic mass is 127. The van der Waals surface area contributed by atoms with E-state index in [0.717, 1.165) is 3.57 Å². The Labute approximate surface area is 90.4 Å². The summed E-state index contributed by atoms with van der Waals surface area (Å²) in [5.41, 5.74) is 0.646. The molecule has 0 aliphatic heterocycles. The lowest BCUT2D eigenvalue weighted by molar-refractivity contribution is 0.624. The van der Waals surface area contributed by atoms with E-state index in [1.807, 2.05) is 12.1 Å². The van der Waals surface area contributed by atoms with Crippen LogP contribution in [-0.2, 0) is 0 Å². The molecule has 0 aromatic heterocycles. The molecule has 0 saturated heterocycles. The van der Waals surface area contributed by atoms with Crippen LogP contribution in [0.3, 0.4) is 0 Å². The molecule has 1 rings (SSSR count). The summed E-state index contributed by atoms with van der Waals surface area (Å²) < 4.78 is 14.0. The molecule has 0 spiro atoms. The molecule has 0 atom stereocenters. The van der Waals surface area contributed by atoms with E-state index in [2.05, 4.69) is 35.2 Å². The SMILES string of the molecule is Fc1cccc(I)c1C=CCS. The number of rotatable bonds is 2. The Kier molecular flexibility index (Phi) is 4.08. The van der Waals surface area contributed by atoms with Gasteiger partial charge in [-0.05, 0) is 34.7 Å². The van der Waals surface area contributed by atoms with Crippen molar-refractivity contribution in [1.29, 1.82) is 0 Å². The van der Waals surface area contributed by atoms with E-state index in [9.17, 15) is 4.39 Å². The van der Waals surface area contributed by atoms with Gasteiger partial charge in [-0.1, -0.05) is 18.2 Å². The maximum Gasteiger partial charge on any atom is 0.131 e. The Morgan fingerprint density at radius 3 is 2.83 bits per heavy atom. The number of benzene rings is 1. The molecule has 0 fully saturated rings. The fourth-order valence-electron chi connectivity index (χ4n) is 0.840. The second kappa shape index (κ2) is 4.87. The van der Waals surface area contributed by atoms with Crippen molar-refractivity contribution < 1.29 is 4.39 Å². The highest BCUT2D eigenvalue weighted by Crippen LogP contribution is 2.17. The average Bonchev–Trinajstić information content (AvgIpc) is 2.04. The van der Waals surface area contributed by atoms with E-state index in [-0.39, 0.29) is 5.82 Å². The Balaban J connectivity index is 3.04. The van der Waals surface area contributed by atoms with E-state index in [0.29, 0.717) is 11.3 Å². The van der Waals surface area contributed by atoms with Gasteiger partial charge in [-0.2, -0.15) is 12.6 Å². The molecule has 0 N–H and O–H groups in total. The number of hydrogen-bond acceptors (Lipinski definition) is 1. The van der Waals surface area contributed by atoms with Gasteiger partial charge < -0.3 is 0 Å². The van der Waals surface area contributed by atoms with Gasteiger partial charge in [-0.25, -0.2) is 4.39 Å². The molecule has 0 unspecified atom stereocenters. The third-order valence-electron chi connectivity index (χ3n) is 1.39.